The van der Waals surface area contributed by atoms with E-state index in [1.165, 1.54) is 6.07 Å². The van der Waals surface area contributed by atoms with Gasteiger partial charge in [-0.1, -0.05) is 30.4 Å². The van der Waals surface area contributed by atoms with Gasteiger partial charge in [-0.3, -0.25) is 0 Å². The standard InChI is InChI=1S/C15H15FN2OS/c1-2-19-13-9-4-3-7-11(13)18-12-8-5-6-10(16)14(12)15(17)20/h3-9,18H,2H2,1H3,(H2,17,20). The lowest BCUT2D eigenvalue weighted by atomic mass is 10.1. The molecule has 0 saturated carbocycles. The fourth-order valence-corrected chi connectivity index (χ4v) is 2.08. The van der Waals surface area contributed by atoms with Crippen LogP contribution in [0.3, 0.4) is 0 Å². The Morgan fingerprint density at radius 1 is 1.20 bits per heavy atom. The van der Waals surface area contributed by atoms with Gasteiger partial charge in [-0.25, -0.2) is 4.39 Å². The number of rotatable bonds is 5. The molecule has 0 radical (unpaired) electrons. The van der Waals surface area contributed by atoms with Gasteiger partial charge >= 0.3 is 0 Å². The number of anilines is 2. The average Bonchev–Trinajstić information content (AvgIpc) is 2.41. The van der Waals surface area contributed by atoms with Crippen molar-refractivity contribution in [2.75, 3.05) is 11.9 Å². The molecule has 2 rings (SSSR count). The Balaban J connectivity index is 2.40. The average molecular weight is 290 g/mol. The number of halogens is 1. The van der Waals surface area contributed by atoms with Crippen LogP contribution in [-0.4, -0.2) is 11.6 Å². The summed E-state index contributed by atoms with van der Waals surface area (Å²) in [5.41, 5.74) is 7.04. The number of benzene rings is 2. The Kier molecular flexibility index (Phi) is 4.53. The molecule has 0 spiro atoms. The van der Waals surface area contributed by atoms with Crippen LogP contribution < -0.4 is 15.8 Å². The molecule has 5 heteroatoms. The van der Waals surface area contributed by atoms with Crippen molar-refractivity contribution in [2.24, 2.45) is 5.73 Å². The highest BCUT2D eigenvalue weighted by Crippen LogP contribution is 2.29. The molecule has 20 heavy (non-hydrogen) atoms. The number of ether oxygens (including phenoxy) is 1. The number of nitrogens with two attached hydrogens (primary N) is 1. The quantitative estimate of drug-likeness (QED) is 0.826. The topological polar surface area (TPSA) is 47.3 Å². The fourth-order valence-electron chi connectivity index (χ4n) is 1.88. The van der Waals surface area contributed by atoms with E-state index in [4.69, 9.17) is 22.7 Å². The summed E-state index contributed by atoms with van der Waals surface area (Å²) in [5.74, 6) is 0.240. The van der Waals surface area contributed by atoms with Crippen molar-refractivity contribution in [1.29, 1.82) is 0 Å². The van der Waals surface area contributed by atoms with Crippen LogP contribution in [-0.2, 0) is 0 Å². The highest BCUT2D eigenvalue weighted by molar-refractivity contribution is 7.80. The van der Waals surface area contributed by atoms with Crippen LogP contribution in [0.2, 0.25) is 0 Å². The molecule has 0 bridgehead atoms. The Morgan fingerprint density at radius 2 is 1.90 bits per heavy atom. The van der Waals surface area contributed by atoms with Crippen molar-refractivity contribution < 1.29 is 9.13 Å². The number of hydrogen-bond donors (Lipinski definition) is 2. The smallest absolute Gasteiger partial charge is 0.142 e. The van der Waals surface area contributed by atoms with E-state index >= 15 is 0 Å². The summed E-state index contributed by atoms with van der Waals surface area (Å²) >= 11 is 4.90. The lowest BCUT2D eigenvalue weighted by molar-refractivity contribution is 0.342. The van der Waals surface area contributed by atoms with Crippen LogP contribution in [0.1, 0.15) is 12.5 Å². The second-order valence-corrected chi connectivity index (χ2v) is 4.52. The molecule has 0 amide bonds. The van der Waals surface area contributed by atoms with E-state index in [0.29, 0.717) is 18.0 Å². The molecule has 0 unspecified atom stereocenters. The third kappa shape index (κ3) is 3.05. The zero-order valence-corrected chi connectivity index (χ0v) is 11.8. The maximum absolute atomic E-state index is 13.8. The molecule has 3 N–H and O–H groups in total. The van der Waals surface area contributed by atoms with Gasteiger partial charge in [0.25, 0.3) is 0 Å². The number of para-hydroxylation sites is 2. The number of thiocarbonyl (C=S) groups is 1. The minimum Gasteiger partial charge on any atom is -0.492 e. The maximum atomic E-state index is 13.8. The first-order chi connectivity index (χ1) is 9.63. The Bertz CT molecular complexity index is 631. The zero-order chi connectivity index (χ0) is 14.5. The Labute approximate surface area is 122 Å². The summed E-state index contributed by atoms with van der Waals surface area (Å²) in [6.07, 6.45) is 0. The van der Waals surface area contributed by atoms with Gasteiger partial charge < -0.3 is 15.8 Å². The predicted molar refractivity (Wildman–Crippen MR) is 83.2 cm³/mol. The minimum atomic E-state index is -0.448. The van der Waals surface area contributed by atoms with Gasteiger partial charge in [0.1, 0.15) is 16.6 Å². The van der Waals surface area contributed by atoms with Crippen LogP contribution >= 0.6 is 12.2 Å². The number of hydrogen-bond acceptors (Lipinski definition) is 3. The summed E-state index contributed by atoms with van der Waals surface area (Å²) in [7, 11) is 0. The summed E-state index contributed by atoms with van der Waals surface area (Å²) in [6, 6.07) is 12.1. The molecular weight excluding hydrogens is 275 g/mol. The molecule has 0 aliphatic rings. The van der Waals surface area contributed by atoms with Crippen molar-refractivity contribution >= 4 is 28.6 Å². The van der Waals surface area contributed by atoms with Crippen LogP contribution in [0, 0.1) is 5.82 Å². The predicted octanol–water partition coefficient (Wildman–Crippen LogP) is 3.60. The lowest BCUT2D eigenvalue weighted by Gasteiger charge is -2.15. The number of nitrogens with one attached hydrogen (secondary N) is 1. The Hall–Kier alpha value is -2.14. The molecule has 0 fully saturated rings. The van der Waals surface area contributed by atoms with Crippen LogP contribution in [0.4, 0.5) is 15.8 Å². The highest BCUT2D eigenvalue weighted by atomic mass is 32.1. The summed E-state index contributed by atoms with van der Waals surface area (Å²) in [4.78, 5) is 0.0134. The normalized spacial score (nSPS) is 10.1. The molecule has 104 valence electrons. The van der Waals surface area contributed by atoms with Crippen molar-refractivity contribution in [3.05, 3.63) is 53.8 Å². The van der Waals surface area contributed by atoms with Crippen molar-refractivity contribution in [2.45, 2.75) is 6.92 Å². The summed E-state index contributed by atoms with van der Waals surface area (Å²) in [5, 5.41) is 3.12. The second kappa shape index (κ2) is 6.34. The van der Waals surface area contributed by atoms with Gasteiger partial charge in [-0.2, -0.15) is 0 Å². The van der Waals surface area contributed by atoms with Crippen molar-refractivity contribution in [3.8, 4) is 5.75 Å². The fraction of sp³-hybridized carbons (Fsp3) is 0.133. The second-order valence-electron chi connectivity index (χ2n) is 4.08. The summed E-state index contributed by atoms with van der Waals surface area (Å²) < 4.78 is 19.3. The zero-order valence-electron chi connectivity index (χ0n) is 11.0. The third-order valence-electron chi connectivity index (χ3n) is 2.72. The molecule has 2 aromatic rings. The van der Waals surface area contributed by atoms with Crippen LogP contribution in [0.5, 0.6) is 5.75 Å². The van der Waals surface area contributed by atoms with Gasteiger partial charge in [0.2, 0.25) is 0 Å². The van der Waals surface area contributed by atoms with E-state index in [9.17, 15) is 4.39 Å². The van der Waals surface area contributed by atoms with Crippen molar-refractivity contribution in [3.63, 3.8) is 0 Å². The maximum Gasteiger partial charge on any atom is 0.142 e. The molecule has 0 aliphatic carbocycles. The summed E-state index contributed by atoms with van der Waals surface area (Å²) in [6.45, 7) is 2.45. The molecule has 0 aliphatic heterocycles. The van der Waals surface area contributed by atoms with E-state index in [-0.39, 0.29) is 10.6 Å². The first-order valence-corrected chi connectivity index (χ1v) is 6.61. The van der Waals surface area contributed by atoms with Gasteiger partial charge in [-0.05, 0) is 31.2 Å². The van der Waals surface area contributed by atoms with Crippen LogP contribution in [0.15, 0.2) is 42.5 Å². The first kappa shape index (κ1) is 14.3. The SMILES string of the molecule is CCOc1ccccc1Nc1cccc(F)c1C(N)=S. The molecule has 0 saturated heterocycles. The Morgan fingerprint density at radius 3 is 2.60 bits per heavy atom. The molecule has 0 atom stereocenters. The first-order valence-electron chi connectivity index (χ1n) is 6.20. The van der Waals surface area contributed by atoms with Gasteiger partial charge in [0, 0.05) is 0 Å². The largest absolute Gasteiger partial charge is 0.492 e. The minimum absolute atomic E-state index is 0.0134. The molecule has 2 aromatic carbocycles. The van der Waals surface area contributed by atoms with Gasteiger partial charge in [-0.15, -0.1) is 0 Å². The van der Waals surface area contributed by atoms with E-state index in [2.05, 4.69) is 5.32 Å². The van der Waals surface area contributed by atoms with Gasteiger partial charge in [0.05, 0.1) is 23.5 Å². The molecule has 0 aromatic heterocycles. The van der Waals surface area contributed by atoms with Crippen molar-refractivity contribution in [1.82, 2.24) is 0 Å². The lowest BCUT2D eigenvalue weighted by Crippen LogP contribution is -2.14. The van der Waals surface area contributed by atoms with E-state index in [1.807, 2.05) is 31.2 Å². The van der Waals surface area contributed by atoms with E-state index in [0.717, 1.165) is 5.69 Å². The van der Waals surface area contributed by atoms with E-state index < -0.39 is 5.82 Å². The van der Waals surface area contributed by atoms with Gasteiger partial charge in [0.15, 0.2) is 0 Å². The highest BCUT2D eigenvalue weighted by Gasteiger charge is 2.12. The third-order valence-corrected chi connectivity index (χ3v) is 2.92. The molecule has 0 heterocycles. The monoisotopic (exact) mass is 290 g/mol. The van der Waals surface area contributed by atoms with Crippen LogP contribution in [0.25, 0.3) is 0 Å². The molecule has 3 nitrogen and oxygen atoms in total. The molecular formula is C15H15FN2OS. The van der Waals surface area contributed by atoms with E-state index in [1.54, 1.807) is 12.1 Å².